The third-order valence-corrected chi connectivity index (χ3v) is 6.61. The number of hydrogen-bond donors (Lipinski definition) is 1. The number of rotatable bonds is 5. The molecule has 0 aliphatic carbocycles. The summed E-state index contributed by atoms with van der Waals surface area (Å²) in [5, 5.41) is 3.09. The van der Waals surface area contributed by atoms with Gasteiger partial charge in [0.1, 0.15) is 11.9 Å². The zero-order chi connectivity index (χ0) is 22.5. The number of hydrogen-bond acceptors (Lipinski definition) is 3. The number of ether oxygens (including phenoxy) is 1. The Morgan fingerprint density at radius 2 is 1.78 bits per heavy atom. The minimum absolute atomic E-state index is 0.00502. The lowest BCUT2D eigenvalue weighted by Gasteiger charge is -2.39. The van der Waals surface area contributed by atoms with Crippen molar-refractivity contribution < 1.29 is 14.3 Å². The molecule has 2 aromatic rings. The molecular weight excluding hydrogens is 402 g/mol. The average molecular weight is 436 g/mol. The maximum Gasteiger partial charge on any atom is 0.324 e. The van der Waals surface area contributed by atoms with Crippen molar-refractivity contribution in [2.45, 2.75) is 45.6 Å². The number of nitrogens with zero attached hydrogens (tertiary/aromatic N) is 2. The largest absolute Gasteiger partial charge is 0.486 e. The Hall–Kier alpha value is -3.02. The Labute approximate surface area is 190 Å². The number of urea groups is 1. The molecule has 2 aliphatic rings. The number of fused-ring (bicyclic) bond motifs is 1. The number of carbonyl (C=O) groups is 2. The normalized spacial score (nSPS) is 18.6. The lowest BCUT2D eigenvalue weighted by atomic mass is 9.96. The van der Waals surface area contributed by atoms with Gasteiger partial charge in [0.25, 0.3) is 0 Å². The minimum atomic E-state index is -0.0312. The zero-order valence-corrected chi connectivity index (χ0v) is 19.0. The molecule has 170 valence electrons. The molecule has 1 N–H and O–H groups in total. The first kappa shape index (κ1) is 22.2. The van der Waals surface area contributed by atoms with Crippen LogP contribution in [0, 0.1) is 12.8 Å². The topological polar surface area (TPSA) is 61.9 Å². The van der Waals surface area contributed by atoms with Gasteiger partial charge in [0.2, 0.25) is 5.91 Å². The Balaban J connectivity index is 1.29. The molecule has 1 saturated heterocycles. The molecule has 0 radical (unpaired) electrons. The van der Waals surface area contributed by atoms with Crippen molar-refractivity contribution in [2.75, 3.05) is 31.1 Å². The summed E-state index contributed by atoms with van der Waals surface area (Å²) >= 11 is 0. The Bertz CT molecular complexity index is 953. The quantitative estimate of drug-likeness (QED) is 0.767. The number of aryl methyl sites for hydroxylation is 1. The molecule has 0 bridgehead atoms. The molecule has 1 unspecified atom stereocenters. The molecule has 2 aromatic carbocycles. The molecule has 4 rings (SSSR count). The maximum absolute atomic E-state index is 13.3. The van der Waals surface area contributed by atoms with Gasteiger partial charge in [-0.15, -0.1) is 0 Å². The van der Waals surface area contributed by atoms with E-state index in [2.05, 4.69) is 31.3 Å². The van der Waals surface area contributed by atoms with Crippen molar-refractivity contribution >= 4 is 17.6 Å². The molecule has 2 aliphatic heterocycles. The molecule has 0 saturated carbocycles. The van der Waals surface area contributed by atoms with Gasteiger partial charge in [0.15, 0.2) is 0 Å². The highest BCUT2D eigenvalue weighted by atomic mass is 16.5. The number of nitrogens with one attached hydrogen (secondary N) is 1. The summed E-state index contributed by atoms with van der Waals surface area (Å²) in [6.07, 6.45) is 3.09. The van der Waals surface area contributed by atoms with Crippen molar-refractivity contribution in [3.8, 4) is 5.75 Å². The van der Waals surface area contributed by atoms with Gasteiger partial charge in [-0.3, -0.25) is 9.69 Å². The Morgan fingerprint density at radius 1 is 1.06 bits per heavy atom. The van der Waals surface area contributed by atoms with E-state index >= 15 is 0 Å². The van der Waals surface area contributed by atoms with Gasteiger partial charge in [-0.25, -0.2) is 4.79 Å². The standard InChI is InChI=1S/C26H33N3O3/c1-3-22-18-29(23-10-6-7-11-24(23)32-22)26(31)28-16-13-21(14-17-28)25(30)27-15-12-20-9-5-4-8-19(20)2/h4-11,21-22H,3,12-18H2,1-2H3,(H,27,30). The first-order valence-electron chi connectivity index (χ1n) is 11.7. The van der Waals surface area contributed by atoms with Crippen molar-refractivity contribution in [1.29, 1.82) is 0 Å². The lowest BCUT2D eigenvalue weighted by Crippen LogP contribution is -2.52. The molecule has 6 heteroatoms. The van der Waals surface area contributed by atoms with E-state index in [1.807, 2.05) is 46.2 Å². The van der Waals surface area contributed by atoms with Crippen LogP contribution in [0.2, 0.25) is 0 Å². The first-order chi connectivity index (χ1) is 15.6. The van der Waals surface area contributed by atoms with E-state index in [1.54, 1.807) is 0 Å². The molecule has 1 atom stereocenters. The van der Waals surface area contributed by atoms with Gasteiger partial charge in [-0.2, -0.15) is 0 Å². The SMILES string of the molecule is CCC1CN(C(=O)N2CCC(C(=O)NCCc3ccccc3C)CC2)c2ccccc2O1. The number of piperidine rings is 1. The van der Waals surface area contributed by atoms with Crippen LogP contribution >= 0.6 is 0 Å². The monoisotopic (exact) mass is 435 g/mol. The van der Waals surface area contributed by atoms with Gasteiger partial charge in [0.05, 0.1) is 12.2 Å². The smallest absolute Gasteiger partial charge is 0.324 e. The number of amides is 3. The molecule has 6 nitrogen and oxygen atoms in total. The predicted molar refractivity (Wildman–Crippen MR) is 126 cm³/mol. The highest BCUT2D eigenvalue weighted by Crippen LogP contribution is 2.35. The summed E-state index contributed by atoms with van der Waals surface area (Å²) in [7, 11) is 0. The van der Waals surface area contributed by atoms with Crippen LogP contribution in [0.5, 0.6) is 5.75 Å². The fourth-order valence-corrected chi connectivity index (χ4v) is 4.55. The second kappa shape index (κ2) is 10.1. The molecule has 2 heterocycles. The fourth-order valence-electron chi connectivity index (χ4n) is 4.55. The summed E-state index contributed by atoms with van der Waals surface area (Å²) in [6, 6.07) is 16.0. The van der Waals surface area contributed by atoms with Crippen LogP contribution in [0.15, 0.2) is 48.5 Å². The summed E-state index contributed by atoms with van der Waals surface area (Å²) in [6.45, 7) is 6.58. The first-order valence-corrected chi connectivity index (χ1v) is 11.7. The number of para-hydroxylation sites is 2. The molecule has 0 aromatic heterocycles. The van der Waals surface area contributed by atoms with Crippen LogP contribution in [0.3, 0.4) is 0 Å². The van der Waals surface area contributed by atoms with E-state index < -0.39 is 0 Å². The van der Waals surface area contributed by atoms with Gasteiger partial charge < -0.3 is 15.0 Å². The van der Waals surface area contributed by atoms with E-state index in [9.17, 15) is 9.59 Å². The van der Waals surface area contributed by atoms with Crippen LogP contribution in [-0.4, -0.2) is 49.1 Å². The number of likely N-dealkylation sites (tertiary alicyclic amines) is 1. The third-order valence-electron chi connectivity index (χ3n) is 6.61. The summed E-state index contributed by atoms with van der Waals surface area (Å²) in [5.41, 5.74) is 3.35. The highest BCUT2D eigenvalue weighted by molar-refractivity contribution is 5.94. The van der Waals surface area contributed by atoms with E-state index in [-0.39, 0.29) is 24.0 Å². The van der Waals surface area contributed by atoms with Crippen LogP contribution in [0.4, 0.5) is 10.5 Å². The van der Waals surface area contributed by atoms with Crippen molar-refractivity contribution in [1.82, 2.24) is 10.2 Å². The molecule has 3 amide bonds. The summed E-state index contributed by atoms with van der Waals surface area (Å²) in [4.78, 5) is 29.7. The van der Waals surface area contributed by atoms with Gasteiger partial charge >= 0.3 is 6.03 Å². The minimum Gasteiger partial charge on any atom is -0.486 e. The van der Waals surface area contributed by atoms with Crippen LogP contribution < -0.4 is 15.0 Å². The third kappa shape index (κ3) is 4.90. The molecule has 0 spiro atoms. The summed E-state index contributed by atoms with van der Waals surface area (Å²) < 4.78 is 6.01. The number of anilines is 1. The van der Waals surface area contributed by atoms with Gasteiger partial charge in [0, 0.05) is 25.6 Å². The fraction of sp³-hybridized carbons (Fsp3) is 0.462. The van der Waals surface area contributed by atoms with E-state index in [0.717, 1.165) is 24.3 Å². The maximum atomic E-state index is 13.3. The van der Waals surface area contributed by atoms with E-state index in [4.69, 9.17) is 4.74 Å². The Morgan fingerprint density at radius 3 is 2.53 bits per heavy atom. The van der Waals surface area contributed by atoms with Crippen LogP contribution in [-0.2, 0) is 11.2 Å². The predicted octanol–water partition coefficient (Wildman–Crippen LogP) is 4.16. The highest BCUT2D eigenvalue weighted by Gasteiger charge is 2.34. The number of carbonyl (C=O) groups excluding carboxylic acids is 2. The van der Waals surface area contributed by atoms with Gasteiger partial charge in [-0.1, -0.05) is 43.3 Å². The molecule has 32 heavy (non-hydrogen) atoms. The second-order valence-corrected chi connectivity index (χ2v) is 8.74. The number of benzene rings is 2. The van der Waals surface area contributed by atoms with Crippen LogP contribution in [0.1, 0.15) is 37.3 Å². The molecular formula is C26H33N3O3. The lowest BCUT2D eigenvalue weighted by molar-refractivity contribution is -0.126. The zero-order valence-electron chi connectivity index (χ0n) is 19.0. The van der Waals surface area contributed by atoms with E-state index in [1.165, 1.54) is 11.1 Å². The average Bonchev–Trinajstić information content (AvgIpc) is 2.84. The Kier molecular flexibility index (Phi) is 6.98. The van der Waals surface area contributed by atoms with Crippen molar-refractivity contribution in [3.63, 3.8) is 0 Å². The van der Waals surface area contributed by atoms with E-state index in [0.29, 0.717) is 39.0 Å². The summed E-state index contributed by atoms with van der Waals surface area (Å²) in [5.74, 6) is 0.839. The molecule has 1 fully saturated rings. The van der Waals surface area contributed by atoms with Gasteiger partial charge in [-0.05, 0) is 55.9 Å². The van der Waals surface area contributed by atoms with Crippen molar-refractivity contribution in [3.05, 3.63) is 59.7 Å². The second-order valence-electron chi connectivity index (χ2n) is 8.74. The van der Waals surface area contributed by atoms with Crippen LogP contribution in [0.25, 0.3) is 0 Å². The van der Waals surface area contributed by atoms with Crippen molar-refractivity contribution in [2.24, 2.45) is 5.92 Å².